The minimum absolute atomic E-state index is 0.0439. The second-order valence-corrected chi connectivity index (χ2v) is 8.20. The normalized spacial score (nSPS) is 13.8. The van der Waals surface area contributed by atoms with Gasteiger partial charge in [-0.25, -0.2) is 0 Å². The van der Waals surface area contributed by atoms with Crippen molar-refractivity contribution in [3.63, 3.8) is 0 Å². The van der Waals surface area contributed by atoms with Crippen molar-refractivity contribution in [2.45, 2.75) is 26.7 Å². The Kier molecular flexibility index (Phi) is 7.10. The van der Waals surface area contributed by atoms with Crippen LogP contribution in [0.5, 0.6) is 5.75 Å². The van der Waals surface area contributed by atoms with E-state index in [-0.39, 0.29) is 36.8 Å². The fourth-order valence-electron chi connectivity index (χ4n) is 4.01. The van der Waals surface area contributed by atoms with Crippen LogP contribution in [0, 0.1) is 6.92 Å². The molecule has 0 radical (unpaired) electrons. The van der Waals surface area contributed by atoms with Crippen molar-refractivity contribution in [1.29, 1.82) is 0 Å². The number of benzene rings is 2. The van der Waals surface area contributed by atoms with E-state index in [2.05, 4.69) is 17.0 Å². The van der Waals surface area contributed by atoms with Gasteiger partial charge in [-0.2, -0.15) is 0 Å². The molecule has 0 bridgehead atoms. The minimum atomic E-state index is -0.331. The molecule has 2 heterocycles. The topological polar surface area (TPSA) is 75.0 Å². The molecule has 7 heteroatoms. The number of aryl methyl sites for hydroxylation is 1. The first-order chi connectivity index (χ1) is 16.0. The number of piperazine rings is 1. The number of rotatable bonds is 7. The van der Waals surface area contributed by atoms with E-state index in [0.29, 0.717) is 18.8 Å². The summed E-state index contributed by atoms with van der Waals surface area (Å²) in [5.74, 6) is 0.114. The number of para-hydroxylation sites is 1. The zero-order valence-corrected chi connectivity index (χ0v) is 18.8. The number of carbonyl (C=O) groups is 1. The number of ether oxygens (including phenoxy) is 1. The first-order valence-corrected chi connectivity index (χ1v) is 11.1. The summed E-state index contributed by atoms with van der Waals surface area (Å²) in [7, 11) is 0. The number of carbonyl (C=O) groups excluding carboxylic acids is 1. The molecule has 0 saturated carbocycles. The minimum Gasteiger partial charge on any atom is -0.483 e. The summed E-state index contributed by atoms with van der Waals surface area (Å²) in [6.07, 6.45) is 1.53. The van der Waals surface area contributed by atoms with Gasteiger partial charge >= 0.3 is 0 Å². The number of pyridine rings is 1. The molecule has 7 nitrogen and oxygen atoms in total. The third-order valence-electron chi connectivity index (χ3n) is 6.05. The molecular formula is C26H29N3O4. The van der Waals surface area contributed by atoms with E-state index in [9.17, 15) is 14.7 Å². The van der Waals surface area contributed by atoms with Gasteiger partial charge in [-0.1, -0.05) is 42.5 Å². The third kappa shape index (κ3) is 5.43. The van der Waals surface area contributed by atoms with Crippen LogP contribution in [0.25, 0.3) is 0 Å². The summed E-state index contributed by atoms with van der Waals surface area (Å²) >= 11 is 0. The third-order valence-corrected chi connectivity index (χ3v) is 6.05. The standard InChI is InChI=1S/C26H29N3O4/c1-20-7-5-6-8-21(20)19-33-25-16-29(23(18-30)15-24(25)31)17-26(32)28-13-11-27(12-14-28)22-9-3-2-4-10-22/h2-10,15-16,30H,11-14,17-19H2,1H3. The summed E-state index contributed by atoms with van der Waals surface area (Å²) in [5, 5.41) is 9.73. The van der Waals surface area contributed by atoms with Crippen LogP contribution in [0.15, 0.2) is 71.7 Å². The zero-order valence-electron chi connectivity index (χ0n) is 18.8. The van der Waals surface area contributed by atoms with Crippen molar-refractivity contribution >= 4 is 11.6 Å². The second-order valence-electron chi connectivity index (χ2n) is 8.20. The molecule has 1 saturated heterocycles. The molecule has 33 heavy (non-hydrogen) atoms. The Morgan fingerprint density at radius 3 is 2.39 bits per heavy atom. The van der Waals surface area contributed by atoms with Crippen LogP contribution >= 0.6 is 0 Å². The van der Waals surface area contributed by atoms with Crippen molar-refractivity contribution in [2.75, 3.05) is 31.1 Å². The lowest BCUT2D eigenvalue weighted by molar-refractivity contribution is -0.132. The number of hydrogen-bond donors (Lipinski definition) is 1. The predicted molar refractivity (Wildman–Crippen MR) is 127 cm³/mol. The molecule has 0 aliphatic carbocycles. The molecule has 0 spiro atoms. The lowest BCUT2D eigenvalue weighted by Gasteiger charge is -2.36. The van der Waals surface area contributed by atoms with Crippen molar-refractivity contribution in [1.82, 2.24) is 9.47 Å². The average molecular weight is 448 g/mol. The fraction of sp³-hybridized carbons (Fsp3) is 0.308. The number of aliphatic hydroxyl groups excluding tert-OH is 1. The molecule has 1 aliphatic rings. The molecule has 1 fully saturated rings. The van der Waals surface area contributed by atoms with Crippen LogP contribution in [0.1, 0.15) is 16.8 Å². The average Bonchev–Trinajstić information content (AvgIpc) is 2.85. The fourth-order valence-corrected chi connectivity index (χ4v) is 4.01. The number of aromatic nitrogens is 1. The van der Waals surface area contributed by atoms with Gasteiger partial charge in [0.05, 0.1) is 12.8 Å². The highest BCUT2D eigenvalue weighted by molar-refractivity contribution is 5.76. The van der Waals surface area contributed by atoms with Gasteiger partial charge in [0.25, 0.3) is 0 Å². The first-order valence-electron chi connectivity index (χ1n) is 11.1. The number of amides is 1. The van der Waals surface area contributed by atoms with Crippen LogP contribution in [-0.4, -0.2) is 46.7 Å². The van der Waals surface area contributed by atoms with E-state index >= 15 is 0 Å². The van der Waals surface area contributed by atoms with E-state index in [4.69, 9.17) is 4.74 Å². The Morgan fingerprint density at radius 1 is 1.00 bits per heavy atom. The van der Waals surface area contributed by atoms with Gasteiger partial charge in [-0.3, -0.25) is 9.59 Å². The molecule has 1 N–H and O–H groups in total. The molecule has 0 unspecified atom stereocenters. The lowest BCUT2D eigenvalue weighted by Crippen LogP contribution is -2.49. The maximum Gasteiger partial charge on any atom is 0.242 e. The van der Waals surface area contributed by atoms with E-state index in [1.807, 2.05) is 54.3 Å². The highest BCUT2D eigenvalue weighted by atomic mass is 16.5. The monoisotopic (exact) mass is 447 g/mol. The predicted octanol–water partition coefficient (Wildman–Crippen LogP) is 2.58. The van der Waals surface area contributed by atoms with Crippen molar-refractivity contribution in [3.8, 4) is 5.75 Å². The summed E-state index contributed by atoms with van der Waals surface area (Å²) < 4.78 is 7.40. The molecule has 1 aliphatic heterocycles. The number of aliphatic hydroxyl groups is 1. The van der Waals surface area contributed by atoms with Crippen LogP contribution < -0.4 is 15.1 Å². The van der Waals surface area contributed by atoms with Crippen LogP contribution in [0.3, 0.4) is 0 Å². The van der Waals surface area contributed by atoms with Crippen molar-refractivity contribution in [2.24, 2.45) is 0 Å². The van der Waals surface area contributed by atoms with Gasteiger partial charge in [0.15, 0.2) is 5.75 Å². The van der Waals surface area contributed by atoms with E-state index in [0.717, 1.165) is 29.9 Å². The van der Waals surface area contributed by atoms with E-state index < -0.39 is 0 Å². The van der Waals surface area contributed by atoms with Crippen LogP contribution in [0.2, 0.25) is 0 Å². The maximum absolute atomic E-state index is 13.0. The van der Waals surface area contributed by atoms with E-state index in [1.54, 1.807) is 4.57 Å². The number of anilines is 1. The summed E-state index contributed by atoms with van der Waals surface area (Å²) in [5.41, 5.74) is 3.30. The van der Waals surface area contributed by atoms with Gasteiger partial charge in [0.1, 0.15) is 13.2 Å². The Hall–Kier alpha value is -3.58. The molecule has 172 valence electrons. The van der Waals surface area contributed by atoms with Gasteiger partial charge in [-0.05, 0) is 30.2 Å². The summed E-state index contributed by atoms with van der Waals surface area (Å²) in [6, 6.07) is 19.3. The highest BCUT2D eigenvalue weighted by Crippen LogP contribution is 2.17. The highest BCUT2D eigenvalue weighted by Gasteiger charge is 2.22. The maximum atomic E-state index is 13.0. The molecule has 1 amide bonds. The first kappa shape index (κ1) is 22.6. The molecule has 0 atom stereocenters. The van der Waals surface area contributed by atoms with Crippen LogP contribution in [0.4, 0.5) is 5.69 Å². The van der Waals surface area contributed by atoms with E-state index in [1.165, 1.54) is 12.3 Å². The Morgan fingerprint density at radius 2 is 1.70 bits per heavy atom. The SMILES string of the molecule is Cc1ccccc1COc1cn(CC(=O)N2CCN(c3ccccc3)CC2)c(CO)cc1=O. The quantitative estimate of drug-likeness (QED) is 0.603. The van der Waals surface area contributed by atoms with Gasteiger partial charge < -0.3 is 24.2 Å². The Balaban J connectivity index is 1.42. The molecule has 1 aromatic heterocycles. The zero-order chi connectivity index (χ0) is 23.2. The Labute approximate surface area is 193 Å². The lowest BCUT2D eigenvalue weighted by atomic mass is 10.1. The van der Waals surface area contributed by atoms with Gasteiger partial charge in [0.2, 0.25) is 11.3 Å². The summed E-state index contributed by atoms with van der Waals surface area (Å²) in [6.45, 7) is 4.73. The van der Waals surface area contributed by atoms with Gasteiger partial charge in [0, 0.05) is 43.6 Å². The van der Waals surface area contributed by atoms with Crippen molar-refractivity contribution in [3.05, 3.63) is 93.9 Å². The smallest absolute Gasteiger partial charge is 0.242 e. The molecule has 2 aromatic carbocycles. The van der Waals surface area contributed by atoms with Gasteiger partial charge in [-0.15, -0.1) is 0 Å². The molecule has 3 aromatic rings. The summed E-state index contributed by atoms with van der Waals surface area (Å²) in [4.78, 5) is 29.5. The largest absolute Gasteiger partial charge is 0.483 e. The van der Waals surface area contributed by atoms with Crippen molar-refractivity contribution < 1.29 is 14.6 Å². The molecular weight excluding hydrogens is 418 g/mol. The second kappa shape index (κ2) is 10.4. The van der Waals surface area contributed by atoms with Crippen LogP contribution in [-0.2, 0) is 24.6 Å². The number of nitrogens with zero attached hydrogens (tertiary/aromatic N) is 3. The number of hydrogen-bond acceptors (Lipinski definition) is 5. The molecule has 4 rings (SSSR count). The Bertz CT molecular complexity index is 1150.